The molecule has 0 bridgehead atoms. The summed E-state index contributed by atoms with van der Waals surface area (Å²) in [6, 6.07) is 10.8. The topological polar surface area (TPSA) is 36.4 Å². The van der Waals surface area contributed by atoms with Crippen LogP contribution in [0.2, 0.25) is 0 Å². The Bertz CT molecular complexity index is 1000. The number of nitrogens with zero attached hydrogens (tertiary/aromatic N) is 2. The second-order valence-electron chi connectivity index (χ2n) is 6.40. The average molecular weight is 404 g/mol. The number of benzene rings is 2. The maximum Gasteiger partial charge on any atom is 0.416 e. The van der Waals surface area contributed by atoms with Crippen LogP contribution in [0.25, 0.3) is 21.3 Å². The normalized spacial score (nSPS) is 11.6. The molecule has 0 aliphatic rings. The van der Waals surface area contributed by atoms with E-state index in [1.54, 1.807) is 0 Å². The van der Waals surface area contributed by atoms with Crippen LogP contribution < -0.4 is 0 Å². The number of alkyl halides is 3. The minimum absolute atomic E-state index is 0.132. The first-order chi connectivity index (χ1) is 13.4. The Morgan fingerprint density at radius 3 is 2.54 bits per heavy atom. The molecule has 1 N–H and O–H groups in total. The fourth-order valence-electron chi connectivity index (χ4n) is 2.73. The molecule has 0 aliphatic heterocycles. The number of halogens is 3. The Hall–Kier alpha value is -2.40. The summed E-state index contributed by atoms with van der Waals surface area (Å²) in [7, 11) is 1.93. The Morgan fingerprint density at radius 1 is 1.11 bits per heavy atom. The van der Waals surface area contributed by atoms with E-state index in [1.807, 2.05) is 30.1 Å². The molecule has 0 atom stereocenters. The van der Waals surface area contributed by atoms with Gasteiger partial charge in [0, 0.05) is 36.0 Å². The quantitative estimate of drug-likeness (QED) is 0.629. The van der Waals surface area contributed by atoms with Crippen LogP contribution in [0.15, 0.2) is 42.5 Å². The summed E-state index contributed by atoms with van der Waals surface area (Å²) in [6.07, 6.45) is -3.64. The number of aliphatic hydroxyl groups is 1. The number of hydrogen-bond acceptors (Lipinski definition) is 4. The van der Waals surface area contributed by atoms with Crippen molar-refractivity contribution in [3.8, 4) is 23.1 Å². The third kappa shape index (κ3) is 4.90. The molecule has 7 heteroatoms. The van der Waals surface area contributed by atoms with Gasteiger partial charge >= 0.3 is 6.18 Å². The first-order valence-corrected chi connectivity index (χ1v) is 9.51. The second kappa shape index (κ2) is 8.74. The van der Waals surface area contributed by atoms with Crippen LogP contribution in [0, 0.1) is 11.8 Å². The molecule has 0 unspecified atom stereocenters. The summed E-state index contributed by atoms with van der Waals surface area (Å²) in [5.74, 6) is 6.24. The summed E-state index contributed by atoms with van der Waals surface area (Å²) in [4.78, 5) is 2.01. The molecule has 2 aromatic carbocycles. The fraction of sp³-hybridized carbons (Fsp3) is 0.286. The standard InChI is InChI=1S/C21H19F3N2OS/c1-26(12-13-27)11-3-2-4-15-5-10-18-19(14-15)28-25-20(18)16-6-8-17(9-7-16)21(22,23)24/h5-10,14,27H,3,11-13H2,1H3. The minimum Gasteiger partial charge on any atom is -0.395 e. The van der Waals surface area contributed by atoms with Crippen LogP contribution in [0.1, 0.15) is 17.5 Å². The monoisotopic (exact) mass is 404 g/mol. The number of rotatable bonds is 5. The van der Waals surface area contributed by atoms with Crippen LogP contribution in [-0.4, -0.2) is 41.1 Å². The zero-order valence-electron chi connectivity index (χ0n) is 15.3. The van der Waals surface area contributed by atoms with Gasteiger partial charge in [-0.05, 0) is 42.8 Å². The van der Waals surface area contributed by atoms with Crippen LogP contribution >= 0.6 is 11.5 Å². The van der Waals surface area contributed by atoms with Crippen LogP contribution in [0.4, 0.5) is 13.2 Å². The van der Waals surface area contributed by atoms with Gasteiger partial charge in [-0.25, -0.2) is 0 Å². The van der Waals surface area contributed by atoms with E-state index >= 15 is 0 Å². The third-order valence-corrected chi connectivity index (χ3v) is 5.10. The van der Waals surface area contributed by atoms with E-state index in [0.717, 1.165) is 34.3 Å². The lowest BCUT2D eigenvalue weighted by molar-refractivity contribution is -0.137. The molecule has 3 nitrogen and oxygen atoms in total. The molecule has 0 spiro atoms. The smallest absolute Gasteiger partial charge is 0.395 e. The molecule has 0 fully saturated rings. The van der Waals surface area contributed by atoms with E-state index in [-0.39, 0.29) is 6.61 Å². The van der Waals surface area contributed by atoms with E-state index in [0.29, 0.717) is 24.2 Å². The maximum absolute atomic E-state index is 12.7. The van der Waals surface area contributed by atoms with Gasteiger partial charge < -0.3 is 10.0 Å². The molecular weight excluding hydrogens is 385 g/mol. The van der Waals surface area contributed by atoms with Crippen molar-refractivity contribution in [1.82, 2.24) is 9.27 Å². The van der Waals surface area contributed by atoms with Gasteiger partial charge in [-0.15, -0.1) is 0 Å². The lowest BCUT2D eigenvalue weighted by Gasteiger charge is -2.11. The first kappa shape index (κ1) is 20.3. The molecule has 28 heavy (non-hydrogen) atoms. The number of aliphatic hydroxyl groups excluding tert-OH is 1. The lowest BCUT2D eigenvalue weighted by atomic mass is 10.0. The van der Waals surface area contributed by atoms with Gasteiger partial charge in [0.15, 0.2) is 0 Å². The Kier molecular flexibility index (Phi) is 6.35. The Balaban J connectivity index is 1.76. The van der Waals surface area contributed by atoms with Gasteiger partial charge in [0.1, 0.15) is 0 Å². The molecule has 1 heterocycles. The zero-order valence-corrected chi connectivity index (χ0v) is 16.1. The van der Waals surface area contributed by atoms with Crippen LogP contribution in [0.5, 0.6) is 0 Å². The average Bonchev–Trinajstić information content (AvgIpc) is 3.08. The number of aromatic nitrogens is 1. The van der Waals surface area contributed by atoms with Crippen molar-refractivity contribution in [3.05, 3.63) is 53.6 Å². The highest BCUT2D eigenvalue weighted by Crippen LogP contribution is 2.34. The van der Waals surface area contributed by atoms with Crippen molar-refractivity contribution in [2.24, 2.45) is 0 Å². The fourth-order valence-corrected chi connectivity index (χ4v) is 3.57. The van der Waals surface area contributed by atoms with Crippen molar-refractivity contribution < 1.29 is 18.3 Å². The number of fused-ring (bicyclic) bond motifs is 1. The predicted molar refractivity (Wildman–Crippen MR) is 106 cm³/mol. The highest BCUT2D eigenvalue weighted by atomic mass is 32.1. The Morgan fingerprint density at radius 2 is 1.86 bits per heavy atom. The number of likely N-dealkylation sites (N-methyl/N-ethyl adjacent to an activating group) is 1. The van der Waals surface area contributed by atoms with Gasteiger partial charge in [-0.1, -0.05) is 30.0 Å². The van der Waals surface area contributed by atoms with Gasteiger partial charge in [-0.3, -0.25) is 0 Å². The molecule has 0 radical (unpaired) electrons. The Labute approximate surface area is 165 Å². The van der Waals surface area contributed by atoms with Gasteiger partial charge in [0.05, 0.1) is 22.6 Å². The molecule has 0 aliphatic carbocycles. The third-order valence-electron chi connectivity index (χ3n) is 4.29. The van der Waals surface area contributed by atoms with Crippen molar-refractivity contribution in [1.29, 1.82) is 0 Å². The first-order valence-electron chi connectivity index (χ1n) is 8.74. The molecule has 146 valence electrons. The predicted octanol–water partition coefficient (Wildman–Crippen LogP) is 4.65. The molecule has 3 rings (SSSR count). The van der Waals surface area contributed by atoms with E-state index < -0.39 is 11.7 Å². The minimum atomic E-state index is -4.34. The van der Waals surface area contributed by atoms with Crippen molar-refractivity contribution >= 4 is 21.6 Å². The highest BCUT2D eigenvalue weighted by molar-refractivity contribution is 7.13. The molecule has 0 amide bonds. The molecular formula is C21H19F3N2OS. The summed E-state index contributed by atoms with van der Waals surface area (Å²) >= 11 is 1.31. The summed E-state index contributed by atoms with van der Waals surface area (Å²) < 4.78 is 43.6. The molecule has 3 aromatic rings. The second-order valence-corrected chi connectivity index (χ2v) is 7.20. The number of hydrogen-bond donors (Lipinski definition) is 1. The van der Waals surface area contributed by atoms with Crippen molar-refractivity contribution in [2.45, 2.75) is 12.6 Å². The zero-order chi connectivity index (χ0) is 20.1. The van der Waals surface area contributed by atoms with Gasteiger partial charge in [-0.2, -0.15) is 17.5 Å². The maximum atomic E-state index is 12.7. The molecule has 0 saturated heterocycles. The summed E-state index contributed by atoms with van der Waals surface area (Å²) in [6.45, 7) is 1.54. The van der Waals surface area contributed by atoms with E-state index in [2.05, 4.69) is 16.2 Å². The van der Waals surface area contributed by atoms with Crippen LogP contribution in [0.3, 0.4) is 0 Å². The highest BCUT2D eigenvalue weighted by Gasteiger charge is 2.30. The lowest BCUT2D eigenvalue weighted by Crippen LogP contribution is -2.22. The van der Waals surface area contributed by atoms with E-state index in [1.165, 1.54) is 23.7 Å². The van der Waals surface area contributed by atoms with Crippen molar-refractivity contribution in [3.63, 3.8) is 0 Å². The van der Waals surface area contributed by atoms with E-state index in [9.17, 15) is 13.2 Å². The van der Waals surface area contributed by atoms with Gasteiger partial charge in [0.25, 0.3) is 0 Å². The molecule has 0 saturated carbocycles. The van der Waals surface area contributed by atoms with Crippen molar-refractivity contribution in [2.75, 3.05) is 26.7 Å². The SMILES string of the molecule is CN(CCO)CCC#Cc1ccc2c(-c3ccc(C(F)(F)F)cc3)nsc2c1. The van der Waals surface area contributed by atoms with Gasteiger partial charge in [0.2, 0.25) is 0 Å². The van der Waals surface area contributed by atoms with Crippen LogP contribution in [-0.2, 0) is 6.18 Å². The van der Waals surface area contributed by atoms with E-state index in [4.69, 9.17) is 5.11 Å². The summed E-state index contributed by atoms with van der Waals surface area (Å²) in [5.41, 5.74) is 1.54. The largest absolute Gasteiger partial charge is 0.416 e. The molecule has 1 aromatic heterocycles. The summed E-state index contributed by atoms with van der Waals surface area (Å²) in [5, 5.41) is 9.77.